The van der Waals surface area contributed by atoms with Crippen molar-refractivity contribution in [1.82, 2.24) is 15.6 Å². The molecule has 1 aromatic rings. The van der Waals surface area contributed by atoms with Crippen LogP contribution < -0.4 is 15.4 Å². The lowest BCUT2D eigenvalue weighted by atomic mass is 10.2. The Morgan fingerprint density at radius 3 is 2.72 bits per heavy atom. The van der Waals surface area contributed by atoms with Gasteiger partial charge in [-0.2, -0.15) is 11.8 Å². The van der Waals surface area contributed by atoms with Gasteiger partial charge in [-0.05, 0) is 51.9 Å². The molecule has 25 heavy (non-hydrogen) atoms. The molecule has 2 rings (SSSR count). The topological polar surface area (TPSA) is 58.5 Å². The summed E-state index contributed by atoms with van der Waals surface area (Å²) in [5, 5.41) is 6.74. The van der Waals surface area contributed by atoms with Crippen LogP contribution in [0.15, 0.2) is 23.3 Å². The summed E-state index contributed by atoms with van der Waals surface area (Å²) in [5.41, 5.74) is 1.07. The summed E-state index contributed by atoms with van der Waals surface area (Å²) in [6.45, 7) is 5.93. The summed E-state index contributed by atoms with van der Waals surface area (Å²) in [5.74, 6) is 1.55. The van der Waals surface area contributed by atoms with Crippen LogP contribution in [0.4, 0.5) is 0 Å². The molecule has 0 atom stereocenters. The molecule has 1 aliphatic carbocycles. The van der Waals surface area contributed by atoms with Gasteiger partial charge in [0.25, 0.3) is 0 Å². The van der Waals surface area contributed by atoms with Gasteiger partial charge in [0.05, 0.1) is 0 Å². The monoisotopic (exact) mass is 478 g/mol. The Hall–Kier alpha value is -0.700. The number of hydrogen-bond acceptors (Lipinski definition) is 4. The molecule has 0 spiro atoms. The van der Waals surface area contributed by atoms with Crippen LogP contribution in [0.1, 0.15) is 45.1 Å². The van der Waals surface area contributed by atoms with E-state index >= 15 is 0 Å². The third-order valence-electron chi connectivity index (χ3n) is 4.33. The first-order valence-corrected chi connectivity index (χ1v) is 9.87. The number of nitrogens with zero attached hydrogens (tertiary/aromatic N) is 2. The largest absolute Gasteiger partial charge is 0.474 e. The van der Waals surface area contributed by atoms with Gasteiger partial charge >= 0.3 is 0 Å². The molecule has 1 heterocycles. The quantitative estimate of drug-likeness (QED) is 0.355. The highest BCUT2D eigenvalue weighted by Crippen LogP contribution is 2.25. The molecule has 0 unspecified atom stereocenters. The number of thioether (sulfide) groups is 1. The van der Waals surface area contributed by atoms with Crippen LogP contribution in [0.25, 0.3) is 0 Å². The van der Waals surface area contributed by atoms with Crippen molar-refractivity contribution in [3.05, 3.63) is 23.9 Å². The predicted molar refractivity (Wildman–Crippen MR) is 118 cm³/mol. The lowest BCUT2D eigenvalue weighted by molar-refractivity contribution is 0.199. The molecule has 142 valence electrons. The third kappa shape index (κ3) is 7.60. The minimum atomic E-state index is 0. The van der Waals surface area contributed by atoms with Crippen molar-refractivity contribution < 1.29 is 4.74 Å². The molecule has 1 fully saturated rings. The van der Waals surface area contributed by atoms with Crippen molar-refractivity contribution in [2.24, 2.45) is 4.99 Å². The van der Waals surface area contributed by atoms with Gasteiger partial charge in [-0.25, -0.2) is 4.98 Å². The molecule has 2 N–H and O–H groups in total. The number of guanidine groups is 1. The molecule has 0 saturated heterocycles. The fourth-order valence-corrected chi connectivity index (χ4v) is 2.81. The van der Waals surface area contributed by atoms with Crippen molar-refractivity contribution in [1.29, 1.82) is 0 Å². The van der Waals surface area contributed by atoms with Crippen LogP contribution in [-0.4, -0.2) is 41.6 Å². The molecular formula is C18H31IN4OS. The number of nitrogens with one attached hydrogen (secondary N) is 2. The van der Waals surface area contributed by atoms with E-state index in [0.29, 0.717) is 12.6 Å². The zero-order valence-corrected chi connectivity index (χ0v) is 18.8. The summed E-state index contributed by atoms with van der Waals surface area (Å²) < 4.78 is 6.26. The fourth-order valence-electron chi connectivity index (χ4n) is 2.60. The minimum Gasteiger partial charge on any atom is -0.474 e. The molecule has 7 heteroatoms. The van der Waals surface area contributed by atoms with E-state index in [4.69, 9.17) is 4.74 Å². The van der Waals surface area contributed by atoms with E-state index < -0.39 is 0 Å². The van der Waals surface area contributed by atoms with E-state index in [2.05, 4.69) is 46.8 Å². The molecule has 0 amide bonds. The summed E-state index contributed by atoms with van der Waals surface area (Å²) in [6, 6.07) is 4.01. The Labute approximate surface area is 173 Å². The van der Waals surface area contributed by atoms with Gasteiger partial charge in [0, 0.05) is 36.6 Å². The first-order valence-electron chi connectivity index (χ1n) is 8.64. The highest BCUT2D eigenvalue weighted by molar-refractivity contribution is 14.0. The Kier molecular flexibility index (Phi) is 9.92. The number of ether oxygens (including phenoxy) is 1. The van der Waals surface area contributed by atoms with Gasteiger partial charge < -0.3 is 15.4 Å². The Morgan fingerprint density at radius 1 is 1.36 bits per heavy atom. The maximum Gasteiger partial charge on any atom is 0.218 e. The van der Waals surface area contributed by atoms with E-state index in [0.717, 1.165) is 36.8 Å². The number of aromatic nitrogens is 1. The first kappa shape index (κ1) is 22.3. The summed E-state index contributed by atoms with van der Waals surface area (Å²) in [6.07, 6.45) is 9.02. The van der Waals surface area contributed by atoms with Gasteiger partial charge in [-0.1, -0.05) is 6.07 Å². The van der Waals surface area contributed by atoms with E-state index in [-0.39, 0.29) is 28.7 Å². The summed E-state index contributed by atoms with van der Waals surface area (Å²) in [4.78, 5) is 8.72. The van der Waals surface area contributed by atoms with Crippen molar-refractivity contribution in [2.75, 3.05) is 19.8 Å². The average Bonchev–Trinajstić information content (AvgIpc) is 3.09. The minimum absolute atomic E-state index is 0. The van der Waals surface area contributed by atoms with E-state index in [1.54, 1.807) is 13.2 Å². The smallest absolute Gasteiger partial charge is 0.218 e. The van der Waals surface area contributed by atoms with Crippen molar-refractivity contribution in [3.8, 4) is 5.88 Å². The Morgan fingerprint density at radius 2 is 2.08 bits per heavy atom. The van der Waals surface area contributed by atoms with E-state index in [1.807, 2.05) is 17.8 Å². The van der Waals surface area contributed by atoms with E-state index in [9.17, 15) is 0 Å². The third-order valence-corrected chi connectivity index (χ3v) is 5.58. The Bertz CT molecular complexity index is 548. The predicted octanol–water partition coefficient (Wildman–Crippen LogP) is 3.83. The SMILES string of the molecule is CN=C(NCc1cccnc1OC1CCCC1)NCC(C)(C)SC.I. The number of rotatable bonds is 7. The van der Waals surface area contributed by atoms with E-state index in [1.165, 1.54) is 12.8 Å². The number of halogens is 1. The summed E-state index contributed by atoms with van der Waals surface area (Å²) in [7, 11) is 1.79. The second-order valence-corrected chi connectivity index (χ2v) is 8.25. The standard InChI is InChI=1S/C18H30N4OS.HI/c1-18(2,24-4)13-22-17(19-3)21-12-14-8-7-11-20-16(14)23-15-9-5-6-10-15;/h7-8,11,15H,5-6,9-10,12-13H2,1-4H3,(H2,19,21,22);1H. The van der Waals surface area contributed by atoms with Gasteiger partial charge in [0.15, 0.2) is 5.96 Å². The highest BCUT2D eigenvalue weighted by Gasteiger charge is 2.19. The van der Waals surface area contributed by atoms with Gasteiger partial charge in [0.1, 0.15) is 6.10 Å². The van der Waals surface area contributed by atoms with Crippen LogP contribution >= 0.6 is 35.7 Å². The molecule has 0 aromatic carbocycles. The molecule has 1 aliphatic rings. The lowest BCUT2D eigenvalue weighted by Crippen LogP contribution is -2.43. The van der Waals surface area contributed by atoms with Gasteiger partial charge in [0.2, 0.25) is 5.88 Å². The van der Waals surface area contributed by atoms with Crippen LogP contribution in [0, 0.1) is 0 Å². The van der Waals surface area contributed by atoms with Crippen LogP contribution in [0.3, 0.4) is 0 Å². The molecule has 0 bridgehead atoms. The molecular weight excluding hydrogens is 447 g/mol. The molecule has 1 saturated carbocycles. The van der Waals surface area contributed by atoms with Crippen molar-refractivity contribution >= 4 is 41.7 Å². The van der Waals surface area contributed by atoms with Crippen molar-refractivity contribution in [2.45, 2.75) is 56.9 Å². The zero-order valence-electron chi connectivity index (χ0n) is 15.7. The maximum absolute atomic E-state index is 6.09. The normalized spacial score (nSPS) is 15.6. The number of hydrogen-bond donors (Lipinski definition) is 2. The highest BCUT2D eigenvalue weighted by atomic mass is 127. The maximum atomic E-state index is 6.09. The fraction of sp³-hybridized carbons (Fsp3) is 0.667. The van der Waals surface area contributed by atoms with Gasteiger partial charge in [-0.15, -0.1) is 24.0 Å². The van der Waals surface area contributed by atoms with Crippen LogP contribution in [-0.2, 0) is 6.54 Å². The van der Waals surface area contributed by atoms with Crippen molar-refractivity contribution in [3.63, 3.8) is 0 Å². The molecule has 0 aliphatic heterocycles. The molecule has 5 nitrogen and oxygen atoms in total. The average molecular weight is 478 g/mol. The number of aliphatic imine (C=N–C) groups is 1. The molecule has 0 radical (unpaired) electrons. The second-order valence-electron chi connectivity index (χ2n) is 6.74. The number of pyridine rings is 1. The Balaban J connectivity index is 0.00000312. The van der Waals surface area contributed by atoms with Gasteiger partial charge in [-0.3, -0.25) is 4.99 Å². The van der Waals surface area contributed by atoms with Crippen LogP contribution in [0.5, 0.6) is 5.88 Å². The second kappa shape index (κ2) is 11.1. The zero-order chi connectivity index (χ0) is 17.4. The van der Waals surface area contributed by atoms with Crippen LogP contribution in [0.2, 0.25) is 0 Å². The molecule has 1 aromatic heterocycles. The summed E-state index contributed by atoms with van der Waals surface area (Å²) >= 11 is 1.84. The first-order chi connectivity index (χ1) is 11.5. The lowest BCUT2D eigenvalue weighted by Gasteiger charge is -2.24.